The standard InChI is InChI=1S/C24H34N4O2S/c1-17-11-13-26(14-12-17)22(29)15-27-21-10-5-4-9-20(21)25-24(27)31-16-23(30)28-18(2)7-6-8-19(28)3/h4-5,9-10,17-19H,6-8,11-16H2,1-3H3/t18-,19+. The van der Waals surface area contributed by atoms with E-state index in [0.717, 1.165) is 55.0 Å². The topological polar surface area (TPSA) is 58.4 Å². The molecular weight excluding hydrogens is 408 g/mol. The molecule has 0 saturated carbocycles. The second-order valence-corrected chi connectivity index (χ2v) is 10.2. The number of hydrogen-bond donors (Lipinski definition) is 0. The van der Waals surface area contributed by atoms with Gasteiger partial charge in [-0.2, -0.15) is 0 Å². The van der Waals surface area contributed by atoms with E-state index in [2.05, 4.69) is 20.8 Å². The van der Waals surface area contributed by atoms with E-state index in [9.17, 15) is 9.59 Å². The zero-order chi connectivity index (χ0) is 22.0. The zero-order valence-electron chi connectivity index (χ0n) is 18.9. The highest BCUT2D eigenvalue weighted by molar-refractivity contribution is 7.99. The second kappa shape index (κ2) is 9.63. The molecule has 31 heavy (non-hydrogen) atoms. The van der Waals surface area contributed by atoms with Crippen molar-refractivity contribution in [3.63, 3.8) is 0 Å². The molecule has 3 heterocycles. The highest BCUT2D eigenvalue weighted by Crippen LogP contribution is 2.28. The molecule has 7 heteroatoms. The third kappa shape index (κ3) is 4.92. The van der Waals surface area contributed by atoms with E-state index in [4.69, 9.17) is 4.98 Å². The van der Waals surface area contributed by atoms with E-state index >= 15 is 0 Å². The third-order valence-corrected chi connectivity index (χ3v) is 7.82. The smallest absolute Gasteiger partial charge is 0.242 e. The summed E-state index contributed by atoms with van der Waals surface area (Å²) in [5, 5.41) is 0.755. The second-order valence-electron chi connectivity index (χ2n) is 9.25. The van der Waals surface area contributed by atoms with Crippen molar-refractivity contribution in [2.24, 2.45) is 5.92 Å². The predicted octanol–water partition coefficient (Wildman–Crippen LogP) is 4.18. The molecule has 1 aromatic carbocycles. The minimum Gasteiger partial charge on any atom is -0.341 e. The van der Waals surface area contributed by atoms with Gasteiger partial charge in [0.15, 0.2) is 5.16 Å². The van der Waals surface area contributed by atoms with Gasteiger partial charge in [0.1, 0.15) is 6.54 Å². The number of thioether (sulfide) groups is 1. The molecule has 2 aliphatic heterocycles. The van der Waals surface area contributed by atoms with Gasteiger partial charge in [0, 0.05) is 25.2 Å². The van der Waals surface area contributed by atoms with Crippen molar-refractivity contribution in [2.75, 3.05) is 18.8 Å². The lowest BCUT2D eigenvalue weighted by atomic mass is 9.98. The number of fused-ring (bicyclic) bond motifs is 1. The average molecular weight is 443 g/mol. The summed E-state index contributed by atoms with van der Waals surface area (Å²) in [5.41, 5.74) is 1.83. The summed E-state index contributed by atoms with van der Waals surface area (Å²) >= 11 is 1.46. The summed E-state index contributed by atoms with van der Waals surface area (Å²) < 4.78 is 2.00. The normalized spacial score (nSPS) is 22.8. The maximum atomic E-state index is 13.0. The lowest BCUT2D eigenvalue weighted by Crippen LogP contribution is -2.48. The van der Waals surface area contributed by atoms with Gasteiger partial charge in [0.05, 0.1) is 16.8 Å². The summed E-state index contributed by atoms with van der Waals surface area (Å²) in [7, 11) is 0. The van der Waals surface area contributed by atoms with E-state index in [1.807, 2.05) is 38.6 Å². The number of benzene rings is 1. The number of hydrogen-bond acceptors (Lipinski definition) is 4. The Labute approximate surface area is 189 Å². The molecule has 0 unspecified atom stereocenters. The highest BCUT2D eigenvalue weighted by atomic mass is 32.2. The Morgan fingerprint density at radius 2 is 1.68 bits per heavy atom. The highest BCUT2D eigenvalue weighted by Gasteiger charge is 2.29. The molecule has 2 saturated heterocycles. The van der Waals surface area contributed by atoms with Crippen molar-refractivity contribution < 1.29 is 9.59 Å². The quantitative estimate of drug-likeness (QED) is 0.652. The van der Waals surface area contributed by atoms with Crippen LogP contribution < -0.4 is 0 Å². The lowest BCUT2D eigenvalue weighted by molar-refractivity contribution is -0.134. The molecule has 2 aliphatic rings. The summed E-state index contributed by atoms with van der Waals surface area (Å²) in [4.78, 5) is 34.8. The van der Waals surface area contributed by atoms with Gasteiger partial charge < -0.3 is 14.4 Å². The number of carbonyl (C=O) groups is 2. The third-order valence-electron chi connectivity index (χ3n) is 6.86. The number of nitrogens with zero attached hydrogens (tertiary/aromatic N) is 4. The van der Waals surface area contributed by atoms with Crippen molar-refractivity contribution in [3.8, 4) is 0 Å². The molecule has 2 atom stereocenters. The Kier molecular flexibility index (Phi) is 6.89. The molecule has 0 N–H and O–H groups in total. The van der Waals surface area contributed by atoms with Crippen LogP contribution in [0.3, 0.4) is 0 Å². The molecule has 0 aliphatic carbocycles. The Hall–Kier alpha value is -2.02. The lowest BCUT2D eigenvalue weighted by Gasteiger charge is -2.39. The molecule has 0 spiro atoms. The molecular formula is C24H34N4O2S. The Balaban J connectivity index is 1.50. The van der Waals surface area contributed by atoms with Crippen LogP contribution in [0.4, 0.5) is 0 Å². The molecule has 2 aromatic rings. The van der Waals surface area contributed by atoms with Crippen LogP contribution in [0, 0.1) is 5.92 Å². The molecule has 168 valence electrons. The van der Waals surface area contributed by atoms with Crippen molar-refractivity contribution in [1.29, 1.82) is 0 Å². The fourth-order valence-corrected chi connectivity index (χ4v) is 5.81. The van der Waals surface area contributed by atoms with E-state index in [0.29, 0.717) is 23.8 Å². The minimum absolute atomic E-state index is 0.140. The van der Waals surface area contributed by atoms with Crippen LogP contribution in [-0.4, -0.2) is 62.1 Å². The first kappa shape index (κ1) is 22.2. The molecule has 6 nitrogen and oxygen atoms in total. The van der Waals surface area contributed by atoms with Crippen LogP contribution in [0.1, 0.15) is 52.9 Å². The Bertz CT molecular complexity index is 925. The first-order valence-electron chi connectivity index (χ1n) is 11.6. The Morgan fingerprint density at radius 3 is 2.39 bits per heavy atom. The van der Waals surface area contributed by atoms with Gasteiger partial charge in [-0.15, -0.1) is 0 Å². The summed E-state index contributed by atoms with van der Waals surface area (Å²) in [5.74, 6) is 1.35. The number of para-hydroxylation sites is 2. The molecule has 0 radical (unpaired) electrons. The van der Waals surface area contributed by atoms with Crippen LogP contribution in [0.5, 0.6) is 0 Å². The number of piperidine rings is 2. The van der Waals surface area contributed by atoms with Gasteiger partial charge in [-0.25, -0.2) is 4.98 Å². The summed E-state index contributed by atoms with van der Waals surface area (Å²) in [6.07, 6.45) is 5.47. The predicted molar refractivity (Wildman–Crippen MR) is 125 cm³/mol. The van der Waals surface area contributed by atoms with Crippen LogP contribution in [0.2, 0.25) is 0 Å². The zero-order valence-corrected chi connectivity index (χ0v) is 19.7. The first-order valence-corrected chi connectivity index (χ1v) is 12.6. The fourth-order valence-electron chi connectivity index (χ4n) is 4.92. The van der Waals surface area contributed by atoms with Crippen LogP contribution in [0.25, 0.3) is 11.0 Å². The number of amides is 2. The maximum Gasteiger partial charge on any atom is 0.242 e. The van der Waals surface area contributed by atoms with Gasteiger partial charge in [0.2, 0.25) is 11.8 Å². The van der Waals surface area contributed by atoms with Crippen LogP contribution in [-0.2, 0) is 16.1 Å². The largest absolute Gasteiger partial charge is 0.341 e. The van der Waals surface area contributed by atoms with Crippen LogP contribution in [0.15, 0.2) is 29.4 Å². The number of carbonyl (C=O) groups excluding carboxylic acids is 2. The fraction of sp³-hybridized carbons (Fsp3) is 0.625. The monoisotopic (exact) mass is 442 g/mol. The molecule has 4 rings (SSSR count). The van der Waals surface area contributed by atoms with E-state index in [1.165, 1.54) is 18.2 Å². The summed E-state index contributed by atoms with van der Waals surface area (Å²) in [6.45, 7) is 8.48. The average Bonchev–Trinajstić information content (AvgIpc) is 3.10. The number of rotatable bonds is 5. The summed E-state index contributed by atoms with van der Waals surface area (Å²) in [6, 6.07) is 8.50. The van der Waals surface area contributed by atoms with Crippen molar-refractivity contribution >= 4 is 34.6 Å². The van der Waals surface area contributed by atoms with Crippen LogP contribution >= 0.6 is 11.8 Å². The maximum absolute atomic E-state index is 13.0. The van der Waals surface area contributed by atoms with E-state index in [1.54, 1.807) is 0 Å². The molecule has 2 fully saturated rings. The molecule has 0 bridgehead atoms. The van der Waals surface area contributed by atoms with E-state index in [-0.39, 0.29) is 18.4 Å². The number of likely N-dealkylation sites (tertiary alicyclic amines) is 2. The van der Waals surface area contributed by atoms with Gasteiger partial charge in [0.25, 0.3) is 0 Å². The van der Waals surface area contributed by atoms with Crippen molar-refractivity contribution in [1.82, 2.24) is 19.4 Å². The SMILES string of the molecule is CC1CCN(C(=O)Cn2c(SCC(=O)N3[C@H](C)CCC[C@@H]3C)nc3ccccc32)CC1. The van der Waals surface area contributed by atoms with E-state index < -0.39 is 0 Å². The number of imidazole rings is 1. The van der Waals surface area contributed by atoms with Crippen molar-refractivity contribution in [2.45, 2.75) is 76.7 Å². The molecule has 1 aromatic heterocycles. The van der Waals surface area contributed by atoms with Gasteiger partial charge >= 0.3 is 0 Å². The first-order chi connectivity index (χ1) is 14.9. The number of aromatic nitrogens is 2. The minimum atomic E-state index is 0.140. The van der Waals surface area contributed by atoms with Gasteiger partial charge in [-0.05, 0) is 64.0 Å². The van der Waals surface area contributed by atoms with Gasteiger partial charge in [-0.1, -0.05) is 30.8 Å². The molecule has 2 amide bonds. The Morgan fingerprint density at radius 1 is 1.00 bits per heavy atom. The van der Waals surface area contributed by atoms with Crippen molar-refractivity contribution in [3.05, 3.63) is 24.3 Å². The van der Waals surface area contributed by atoms with Gasteiger partial charge in [-0.3, -0.25) is 9.59 Å².